The number of amides is 1. The zero-order chi connectivity index (χ0) is 18.8. The maximum Gasteiger partial charge on any atom is 0.275 e. The van der Waals surface area contributed by atoms with Gasteiger partial charge in [-0.25, -0.2) is 0 Å². The van der Waals surface area contributed by atoms with Crippen molar-refractivity contribution in [1.29, 1.82) is 5.26 Å². The van der Waals surface area contributed by atoms with Crippen LogP contribution in [0.4, 0.5) is 5.69 Å². The Kier molecular flexibility index (Phi) is 4.68. The normalized spacial score (nSPS) is 16.1. The maximum atomic E-state index is 12.9. The molecular weight excluding hydrogens is 340 g/mol. The number of carbonyl (C=O) groups excluding carboxylic acids is 1. The molecule has 2 saturated carbocycles. The summed E-state index contributed by atoms with van der Waals surface area (Å²) in [6.07, 6.45) is 9.13. The SMILES string of the molecule is CN(NC(=O)c1cncc(C2CC2)c1OC1CCC1)c1ccc(C#N)cc1. The molecule has 1 aromatic heterocycles. The minimum atomic E-state index is -0.244. The summed E-state index contributed by atoms with van der Waals surface area (Å²) in [4.78, 5) is 17.2. The first-order valence-corrected chi connectivity index (χ1v) is 9.35. The van der Waals surface area contributed by atoms with Gasteiger partial charge in [0.15, 0.2) is 0 Å². The number of anilines is 1. The quantitative estimate of drug-likeness (QED) is 0.795. The van der Waals surface area contributed by atoms with E-state index in [-0.39, 0.29) is 12.0 Å². The molecule has 0 spiro atoms. The Morgan fingerprint density at radius 1 is 1.22 bits per heavy atom. The van der Waals surface area contributed by atoms with Gasteiger partial charge in [-0.05, 0) is 62.3 Å². The summed E-state index contributed by atoms with van der Waals surface area (Å²) in [7, 11) is 1.77. The molecule has 2 fully saturated rings. The van der Waals surface area contributed by atoms with Crippen LogP contribution in [-0.4, -0.2) is 24.0 Å². The number of hydrogen-bond acceptors (Lipinski definition) is 5. The van der Waals surface area contributed by atoms with Crippen LogP contribution in [0.5, 0.6) is 5.75 Å². The fraction of sp³-hybridized carbons (Fsp3) is 0.381. The van der Waals surface area contributed by atoms with Gasteiger partial charge in [-0.3, -0.25) is 20.2 Å². The van der Waals surface area contributed by atoms with Crippen molar-refractivity contribution in [3.63, 3.8) is 0 Å². The summed E-state index contributed by atoms with van der Waals surface area (Å²) < 4.78 is 6.20. The molecule has 2 aliphatic rings. The monoisotopic (exact) mass is 362 g/mol. The molecule has 1 heterocycles. The van der Waals surface area contributed by atoms with Crippen molar-refractivity contribution < 1.29 is 9.53 Å². The van der Waals surface area contributed by atoms with E-state index in [1.807, 2.05) is 6.20 Å². The molecule has 27 heavy (non-hydrogen) atoms. The van der Waals surface area contributed by atoms with Crippen molar-refractivity contribution >= 4 is 11.6 Å². The Hall–Kier alpha value is -3.07. The van der Waals surface area contributed by atoms with Gasteiger partial charge in [0, 0.05) is 25.0 Å². The molecular formula is C21H22N4O2. The van der Waals surface area contributed by atoms with E-state index in [1.165, 1.54) is 6.42 Å². The zero-order valence-corrected chi connectivity index (χ0v) is 15.3. The van der Waals surface area contributed by atoms with Gasteiger partial charge in [-0.1, -0.05) is 0 Å². The number of aromatic nitrogens is 1. The van der Waals surface area contributed by atoms with Gasteiger partial charge in [-0.2, -0.15) is 5.26 Å². The molecule has 0 radical (unpaired) electrons. The van der Waals surface area contributed by atoms with Gasteiger partial charge in [0.1, 0.15) is 11.3 Å². The van der Waals surface area contributed by atoms with Crippen LogP contribution < -0.4 is 15.2 Å². The lowest BCUT2D eigenvalue weighted by Crippen LogP contribution is -2.40. The Labute approximate surface area is 158 Å². The third kappa shape index (κ3) is 3.72. The van der Waals surface area contributed by atoms with Gasteiger partial charge >= 0.3 is 0 Å². The van der Waals surface area contributed by atoms with Gasteiger partial charge in [0.25, 0.3) is 5.91 Å². The van der Waals surface area contributed by atoms with Crippen LogP contribution in [0.3, 0.4) is 0 Å². The van der Waals surface area contributed by atoms with Gasteiger partial charge in [0.05, 0.1) is 23.4 Å². The number of nitrogens with one attached hydrogen (secondary N) is 1. The van der Waals surface area contributed by atoms with E-state index in [1.54, 1.807) is 42.5 Å². The Morgan fingerprint density at radius 3 is 2.56 bits per heavy atom. The predicted octanol–water partition coefficient (Wildman–Crippen LogP) is 3.54. The number of nitriles is 1. The summed E-state index contributed by atoms with van der Waals surface area (Å²) in [5.74, 6) is 0.908. The summed E-state index contributed by atoms with van der Waals surface area (Å²) in [6, 6.07) is 9.12. The Morgan fingerprint density at radius 2 is 1.96 bits per heavy atom. The first-order chi connectivity index (χ1) is 13.2. The third-order valence-electron chi connectivity index (χ3n) is 5.18. The molecule has 2 aliphatic carbocycles. The van der Waals surface area contributed by atoms with Gasteiger partial charge in [-0.15, -0.1) is 0 Å². The van der Waals surface area contributed by atoms with Gasteiger partial charge in [0.2, 0.25) is 0 Å². The largest absolute Gasteiger partial charge is 0.489 e. The minimum Gasteiger partial charge on any atom is -0.489 e. The highest BCUT2D eigenvalue weighted by molar-refractivity contribution is 5.98. The molecule has 0 unspecified atom stereocenters. The first-order valence-electron chi connectivity index (χ1n) is 9.35. The fourth-order valence-electron chi connectivity index (χ4n) is 3.14. The standard InChI is InChI=1S/C21H22N4O2/c1-25(16-9-5-14(11-22)6-10-16)24-21(26)19-13-23-12-18(15-7-8-15)20(19)27-17-3-2-4-17/h5-6,9-10,12-13,15,17H,2-4,7-8H2,1H3,(H,24,26). The number of rotatable bonds is 6. The van der Waals surface area contributed by atoms with E-state index < -0.39 is 0 Å². The van der Waals surface area contributed by atoms with E-state index in [0.717, 1.165) is 36.9 Å². The molecule has 0 bridgehead atoms. The second kappa shape index (κ2) is 7.28. The molecule has 4 rings (SSSR count). The molecule has 0 atom stereocenters. The van der Waals surface area contributed by atoms with Crippen LogP contribution >= 0.6 is 0 Å². The van der Waals surface area contributed by atoms with E-state index >= 15 is 0 Å². The Balaban J connectivity index is 1.55. The minimum absolute atomic E-state index is 0.202. The molecule has 6 nitrogen and oxygen atoms in total. The molecule has 1 amide bonds. The molecule has 0 saturated heterocycles. The van der Waals surface area contributed by atoms with E-state index in [0.29, 0.717) is 22.8 Å². The highest BCUT2D eigenvalue weighted by Crippen LogP contribution is 2.46. The van der Waals surface area contributed by atoms with E-state index in [9.17, 15) is 4.79 Å². The smallest absolute Gasteiger partial charge is 0.275 e. The van der Waals surface area contributed by atoms with E-state index in [4.69, 9.17) is 10.00 Å². The lowest BCUT2D eigenvalue weighted by atomic mass is 9.96. The topological polar surface area (TPSA) is 78.2 Å². The zero-order valence-electron chi connectivity index (χ0n) is 15.3. The number of carbonyl (C=O) groups is 1. The number of hydrogen-bond donors (Lipinski definition) is 1. The summed E-state index contributed by atoms with van der Waals surface area (Å²) >= 11 is 0. The third-order valence-corrected chi connectivity index (χ3v) is 5.18. The summed E-state index contributed by atoms with van der Waals surface area (Å²) in [5, 5.41) is 10.5. The highest BCUT2D eigenvalue weighted by Gasteiger charge is 2.32. The second-order valence-corrected chi connectivity index (χ2v) is 7.21. The number of pyridine rings is 1. The lowest BCUT2D eigenvalue weighted by molar-refractivity contribution is 0.0923. The van der Waals surface area contributed by atoms with Crippen molar-refractivity contribution in [3.8, 4) is 11.8 Å². The molecule has 1 aromatic carbocycles. The van der Waals surface area contributed by atoms with Crippen LogP contribution in [-0.2, 0) is 0 Å². The fourth-order valence-corrected chi connectivity index (χ4v) is 3.14. The second-order valence-electron chi connectivity index (χ2n) is 7.21. The van der Waals surface area contributed by atoms with Crippen molar-refractivity contribution in [2.75, 3.05) is 12.1 Å². The van der Waals surface area contributed by atoms with Crippen LogP contribution in [0, 0.1) is 11.3 Å². The van der Waals surface area contributed by atoms with Crippen LogP contribution in [0.2, 0.25) is 0 Å². The Bertz CT molecular complexity index is 880. The molecule has 138 valence electrons. The van der Waals surface area contributed by atoms with Gasteiger partial charge < -0.3 is 4.74 Å². The van der Waals surface area contributed by atoms with Crippen molar-refractivity contribution in [2.45, 2.75) is 44.1 Å². The number of ether oxygens (including phenoxy) is 1. The van der Waals surface area contributed by atoms with Crippen molar-refractivity contribution in [3.05, 3.63) is 53.3 Å². The van der Waals surface area contributed by atoms with Crippen LogP contribution in [0.25, 0.3) is 0 Å². The van der Waals surface area contributed by atoms with Crippen LogP contribution in [0.1, 0.15) is 59.5 Å². The molecule has 2 aromatic rings. The first kappa shape index (κ1) is 17.3. The lowest BCUT2D eigenvalue weighted by Gasteiger charge is -2.29. The predicted molar refractivity (Wildman–Crippen MR) is 102 cm³/mol. The number of hydrazine groups is 1. The van der Waals surface area contributed by atoms with Crippen molar-refractivity contribution in [1.82, 2.24) is 10.4 Å². The highest BCUT2D eigenvalue weighted by atomic mass is 16.5. The summed E-state index contributed by atoms with van der Waals surface area (Å²) in [5.41, 5.74) is 5.77. The average Bonchev–Trinajstić information content (AvgIpc) is 3.49. The molecule has 0 aliphatic heterocycles. The van der Waals surface area contributed by atoms with Crippen molar-refractivity contribution in [2.24, 2.45) is 0 Å². The van der Waals surface area contributed by atoms with E-state index in [2.05, 4.69) is 16.5 Å². The molecule has 6 heteroatoms. The summed E-state index contributed by atoms with van der Waals surface area (Å²) in [6.45, 7) is 0. The average molecular weight is 362 g/mol. The number of nitrogens with zero attached hydrogens (tertiary/aromatic N) is 3. The maximum absolute atomic E-state index is 12.9. The van der Waals surface area contributed by atoms with Crippen LogP contribution in [0.15, 0.2) is 36.7 Å². The number of benzene rings is 1. The molecule has 1 N–H and O–H groups in total.